The third kappa shape index (κ3) is 5.41. The summed E-state index contributed by atoms with van der Waals surface area (Å²) in [7, 11) is 0. The molecule has 1 aromatic carbocycles. The standard InChI is InChI=1S/C19H32N4O/c1-5-20-19(21-11-12-23(6-2)15(3)4)22-14-17-13-16-9-7-8-10-18(16)24-17/h7-10,15,17H,5-6,11-14H2,1-4H3,(H2,20,21,22). The molecule has 1 unspecified atom stereocenters. The zero-order chi connectivity index (χ0) is 17.4. The summed E-state index contributed by atoms with van der Waals surface area (Å²) in [5.41, 5.74) is 1.28. The SMILES string of the molecule is CCNC(=NCC1Cc2ccccc2O1)NCCN(CC)C(C)C. The van der Waals surface area contributed by atoms with Crippen LogP contribution in [-0.4, -0.2) is 55.7 Å². The summed E-state index contributed by atoms with van der Waals surface area (Å²) in [6, 6.07) is 8.82. The van der Waals surface area contributed by atoms with Crippen molar-refractivity contribution in [2.75, 3.05) is 32.7 Å². The van der Waals surface area contributed by atoms with E-state index in [1.165, 1.54) is 5.56 Å². The average Bonchev–Trinajstić information content (AvgIpc) is 2.99. The number of rotatable bonds is 8. The van der Waals surface area contributed by atoms with E-state index in [9.17, 15) is 0 Å². The fraction of sp³-hybridized carbons (Fsp3) is 0.632. The van der Waals surface area contributed by atoms with Crippen molar-refractivity contribution < 1.29 is 4.74 Å². The maximum atomic E-state index is 5.96. The average molecular weight is 332 g/mol. The van der Waals surface area contributed by atoms with Gasteiger partial charge in [0.15, 0.2) is 5.96 Å². The van der Waals surface area contributed by atoms with Gasteiger partial charge in [0.1, 0.15) is 11.9 Å². The van der Waals surface area contributed by atoms with Gasteiger partial charge in [-0.2, -0.15) is 0 Å². The van der Waals surface area contributed by atoms with E-state index in [0.717, 1.165) is 44.3 Å². The lowest BCUT2D eigenvalue weighted by Gasteiger charge is -2.25. The molecule has 0 aliphatic carbocycles. The minimum atomic E-state index is 0.140. The summed E-state index contributed by atoms with van der Waals surface area (Å²) < 4.78 is 5.96. The molecule has 0 fully saturated rings. The van der Waals surface area contributed by atoms with E-state index in [2.05, 4.69) is 55.4 Å². The molecule has 0 amide bonds. The molecule has 134 valence electrons. The number of ether oxygens (including phenoxy) is 1. The van der Waals surface area contributed by atoms with Gasteiger partial charge >= 0.3 is 0 Å². The predicted octanol–water partition coefficient (Wildman–Crippen LogP) is 2.28. The van der Waals surface area contributed by atoms with Crippen LogP contribution in [0.2, 0.25) is 0 Å². The van der Waals surface area contributed by atoms with Crippen LogP contribution in [0, 0.1) is 0 Å². The number of hydrogen-bond acceptors (Lipinski definition) is 3. The van der Waals surface area contributed by atoms with Crippen molar-refractivity contribution >= 4 is 5.96 Å². The number of para-hydroxylation sites is 1. The van der Waals surface area contributed by atoms with Crippen LogP contribution in [0.25, 0.3) is 0 Å². The van der Waals surface area contributed by atoms with Crippen molar-refractivity contribution in [3.8, 4) is 5.75 Å². The summed E-state index contributed by atoms with van der Waals surface area (Å²) in [4.78, 5) is 7.13. The first-order valence-electron chi connectivity index (χ1n) is 9.14. The molecule has 5 nitrogen and oxygen atoms in total. The highest BCUT2D eigenvalue weighted by atomic mass is 16.5. The smallest absolute Gasteiger partial charge is 0.191 e. The van der Waals surface area contributed by atoms with Gasteiger partial charge in [-0.15, -0.1) is 0 Å². The fourth-order valence-electron chi connectivity index (χ4n) is 2.99. The van der Waals surface area contributed by atoms with E-state index >= 15 is 0 Å². The van der Waals surface area contributed by atoms with Crippen LogP contribution in [0.1, 0.15) is 33.3 Å². The molecule has 0 aromatic heterocycles. The topological polar surface area (TPSA) is 48.9 Å². The Morgan fingerprint density at radius 3 is 2.75 bits per heavy atom. The third-order valence-corrected chi connectivity index (χ3v) is 4.34. The summed E-state index contributed by atoms with van der Waals surface area (Å²) in [5, 5.41) is 6.74. The largest absolute Gasteiger partial charge is 0.488 e. The van der Waals surface area contributed by atoms with Crippen LogP contribution < -0.4 is 15.4 Å². The summed E-state index contributed by atoms with van der Waals surface area (Å²) in [6.45, 7) is 13.3. The molecular formula is C19H32N4O. The Kier molecular flexibility index (Phi) is 7.37. The quantitative estimate of drug-likeness (QED) is 0.566. The third-order valence-electron chi connectivity index (χ3n) is 4.34. The lowest BCUT2D eigenvalue weighted by atomic mass is 10.1. The Labute approximate surface area is 146 Å². The van der Waals surface area contributed by atoms with Gasteiger partial charge in [0.05, 0.1) is 6.54 Å². The molecule has 24 heavy (non-hydrogen) atoms. The van der Waals surface area contributed by atoms with E-state index in [0.29, 0.717) is 12.6 Å². The Hall–Kier alpha value is -1.75. The molecule has 5 heteroatoms. The molecule has 0 radical (unpaired) electrons. The first-order valence-corrected chi connectivity index (χ1v) is 9.14. The molecule has 1 heterocycles. The first kappa shape index (κ1) is 18.6. The molecule has 0 saturated carbocycles. The Balaban J connectivity index is 1.81. The highest BCUT2D eigenvalue weighted by Crippen LogP contribution is 2.28. The maximum absolute atomic E-state index is 5.96. The van der Waals surface area contributed by atoms with Gasteiger partial charge in [-0.1, -0.05) is 25.1 Å². The van der Waals surface area contributed by atoms with Crippen LogP contribution in [0.5, 0.6) is 5.75 Å². The van der Waals surface area contributed by atoms with Crippen LogP contribution in [-0.2, 0) is 6.42 Å². The maximum Gasteiger partial charge on any atom is 0.191 e. The number of likely N-dealkylation sites (N-methyl/N-ethyl adjacent to an activating group) is 1. The second-order valence-electron chi connectivity index (χ2n) is 6.42. The summed E-state index contributed by atoms with van der Waals surface area (Å²) in [5.74, 6) is 1.88. The van der Waals surface area contributed by atoms with E-state index in [1.807, 2.05) is 12.1 Å². The van der Waals surface area contributed by atoms with Crippen LogP contribution in [0.3, 0.4) is 0 Å². The molecule has 1 aromatic rings. The molecule has 1 aliphatic heterocycles. The predicted molar refractivity (Wildman–Crippen MR) is 101 cm³/mol. The fourth-order valence-corrected chi connectivity index (χ4v) is 2.99. The van der Waals surface area contributed by atoms with Gasteiger partial charge in [-0.3, -0.25) is 4.90 Å². The van der Waals surface area contributed by atoms with Crippen molar-refractivity contribution in [2.24, 2.45) is 4.99 Å². The second kappa shape index (κ2) is 9.52. The second-order valence-corrected chi connectivity index (χ2v) is 6.42. The monoisotopic (exact) mass is 332 g/mol. The molecule has 0 spiro atoms. The van der Waals surface area contributed by atoms with Crippen molar-refractivity contribution in [2.45, 2.75) is 46.3 Å². The number of hydrogen-bond donors (Lipinski definition) is 2. The van der Waals surface area contributed by atoms with Gasteiger partial charge in [0.2, 0.25) is 0 Å². The van der Waals surface area contributed by atoms with Crippen LogP contribution in [0.4, 0.5) is 0 Å². The number of guanidine groups is 1. The lowest BCUT2D eigenvalue weighted by Crippen LogP contribution is -2.43. The van der Waals surface area contributed by atoms with Crippen molar-refractivity contribution in [1.82, 2.24) is 15.5 Å². The number of nitrogens with one attached hydrogen (secondary N) is 2. The molecule has 1 atom stereocenters. The lowest BCUT2D eigenvalue weighted by molar-refractivity contribution is 0.236. The molecule has 2 N–H and O–H groups in total. The molecule has 0 bridgehead atoms. The molecule has 1 aliphatic rings. The summed E-state index contributed by atoms with van der Waals surface area (Å²) >= 11 is 0. The molecular weight excluding hydrogens is 300 g/mol. The Morgan fingerprint density at radius 2 is 2.08 bits per heavy atom. The van der Waals surface area contributed by atoms with E-state index in [-0.39, 0.29) is 6.10 Å². The minimum absolute atomic E-state index is 0.140. The van der Waals surface area contributed by atoms with E-state index in [4.69, 9.17) is 9.73 Å². The van der Waals surface area contributed by atoms with Crippen LogP contribution in [0.15, 0.2) is 29.3 Å². The van der Waals surface area contributed by atoms with Crippen LogP contribution >= 0.6 is 0 Å². The number of benzene rings is 1. The first-order chi connectivity index (χ1) is 11.6. The van der Waals surface area contributed by atoms with Gasteiger partial charge in [0, 0.05) is 32.1 Å². The highest BCUT2D eigenvalue weighted by Gasteiger charge is 2.21. The Bertz CT molecular complexity index is 505. The molecule has 0 saturated heterocycles. The van der Waals surface area contributed by atoms with E-state index < -0.39 is 0 Å². The van der Waals surface area contributed by atoms with Gasteiger partial charge in [0.25, 0.3) is 0 Å². The number of aliphatic imine (C=N–C) groups is 1. The molecule has 2 rings (SSSR count). The normalized spacial score (nSPS) is 17.1. The van der Waals surface area contributed by atoms with E-state index in [1.54, 1.807) is 0 Å². The summed E-state index contributed by atoms with van der Waals surface area (Å²) in [6.07, 6.45) is 1.08. The number of nitrogens with zero attached hydrogens (tertiary/aromatic N) is 2. The van der Waals surface area contributed by atoms with Crippen molar-refractivity contribution in [1.29, 1.82) is 0 Å². The minimum Gasteiger partial charge on any atom is -0.488 e. The van der Waals surface area contributed by atoms with Crippen molar-refractivity contribution in [3.05, 3.63) is 29.8 Å². The van der Waals surface area contributed by atoms with Crippen molar-refractivity contribution in [3.63, 3.8) is 0 Å². The number of fused-ring (bicyclic) bond motifs is 1. The van der Waals surface area contributed by atoms with Gasteiger partial charge in [-0.05, 0) is 38.9 Å². The zero-order valence-electron chi connectivity index (χ0n) is 15.5. The Morgan fingerprint density at radius 1 is 1.29 bits per heavy atom. The van der Waals surface area contributed by atoms with Gasteiger partial charge in [-0.25, -0.2) is 4.99 Å². The zero-order valence-corrected chi connectivity index (χ0v) is 15.5. The van der Waals surface area contributed by atoms with Gasteiger partial charge < -0.3 is 15.4 Å². The highest BCUT2D eigenvalue weighted by molar-refractivity contribution is 5.79.